The molecule has 0 bridgehead atoms. The molecule has 1 atom stereocenters. The lowest BCUT2D eigenvalue weighted by atomic mass is 10.1. The predicted molar refractivity (Wildman–Crippen MR) is 86.9 cm³/mol. The van der Waals surface area contributed by atoms with Gasteiger partial charge in [-0.1, -0.05) is 13.8 Å². The summed E-state index contributed by atoms with van der Waals surface area (Å²) in [4.78, 5) is 25.6. The van der Waals surface area contributed by atoms with Crippen LogP contribution in [0.2, 0.25) is 0 Å². The molecule has 6 nitrogen and oxygen atoms in total. The van der Waals surface area contributed by atoms with Gasteiger partial charge in [-0.25, -0.2) is 4.68 Å². The van der Waals surface area contributed by atoms with E-state index in [0.717, 1.165) is 31.6 Å². The van der Waals surface area contributed by atoms with Gasteiger partial charge in [0.05, 0.1) is 11.9 Å². The molecule has 2 heterocycles. The molecule has 1 unspecified atom stereocenters. The monoisotopic (exact) mass is 306 g/mol. The number of nitrogens with one attached hydrogen (secondary N) is 1. The Balaban J connectivity index is 1.79. The fourth-order valence-electron chi connectivity index (χ4n) is 2.63. The van der Waals surface area contributed by atoms with Gasteiger partial charge >= 0.3 is 0 Å². The number of rotatable bonds is 6. The number of carbonyl (C=O) groups excluding carboxylic acids is 1. The summed E-state index contributed by atoms with van der Waals surface area (Å²) in [6, 6.07) is 1.62. The first-order chi connectivity index (χ1) is 10.5. The van der Waals surface area contributed by atoms with Crippen LogP contribution in [0, 0.1) is 11.8 Å². The summed E-state index contributed by atoms with van der Waals surface area (Å²) in [6.45, 7) is 6.73. The summed E-state index contributed by atoms with van der Waals surface area (Å²) in [7, 11) is 1.64. The minimum absolute atomic E-state index is 0.0945. The molecule has 122 valence electrons. The van der Waals surface area contributed by atoms with Crippen molar-refractivity contribution in [2.45, 2.75) is 33.1 Å². The van der Waals surface area contributed by atoms with Crippen molar-refractivity contribution in [3.8, 4) is 0 Å². The molecule has 0 aromatic carbocycles. The van der Waals surface area contributed by atoms with Crippen LogP contribution in [0.15, 0.2) is 17.1 Å². The number of carbonyl (C=O) groups is 1. The van der Waals surface area contributed by atoms with Crippen molar-refractivity contribution in [1.82, 2.24) is 15.1 Å². The Morgan fingerprint density at radius 2 is 2.27 bits per heavy atom. The largest absolute Gasteiger partial charge is 0.370 e. The quantitative estimate of drug-likeness (QED) is 0.856. The van der Waals surface area contributed by atoms with E-state index in [4.69, 9.17) is 0 Å². The van der Waals surface area contributed by atoms with Gasteiger partial charge in [-0.15, -0.1) is 0 Å². The van der Waals surface area contributed by atoms with Crippen LogP contribution in [0.5, 0.6) is 0 Å². The maximum absolute atomic E-state index is 11.8. The van der Waals surface area contributed by atoms with Gasteiger partial charge in [-0.05, 0) is 24.7 Å². The van der Waals surface area contributed by atoms with Crippen molar-refractivity contribution < 1.29 is 4.79 Å². The second-order valence-electron chi connectivity index (χ2n) is 6.51. The lowest BCUT2D eigenvalue weighted by molar-refractivity contribution is -0.121. The lowest BCUT2D eigenvalue weighted by Crippen LogP contribution is -2.31. The number of amides is 1. The van der Waals surface area contributed by atoms with Crippen molar-refractivity contribution in [2.75, 3.05) is 24.5 Å². The van der Waals surface area contributed by atoms with E-state index in [-0.39, 0.29) is 11.5 Å². The molecule has 1 aromatic rings. The molecular weight excluding hydrogens is 280 g/mol. The molecule has 1 fully saturated rings. The Morgan fingerprint density at radius 3 is 2.95 bits per heavy atom. The average molecular weight is 306 g/mol. The lowest BCUT2D eigenvalue weighted by Gasteiger charge is -2.18. The van der Waals surface area contributed by atoms with Gasteiger partial charge in [0, 0.05) is 39.2 Å². The number of anilines is 1. The highest BCUT2D eigenvalue weighted by Gasteiger charge is 2.23. The number of hydrogen-bond acceptors (Lipinski definition) is 4. The normalized spacial score (nSPS) is 18.0. The van der Waals surface area contributed by atoms with Crippen LogP contribution in [0.25, 0.3) is 0 Å². The molecule has 1 aliphatic heterocycles. The van der Waals surface area contributed by atoms with Crippen molar-refractivity contribution in [3.05, 3.63) is 22.6 Å². The Labute approximate surface area is 131 Å². The van der Waals surface area contributed by atoms with Gasteiger partial charge in [0.2, 0.25) is 5.91 Å². The van der Waals surface area contributed by atoms with Crippen molar-refractivity contribution in [3.63, 3.8) is 0 Å². The molecule has 2 rings (SSSR count). The molecule has 1 aromatic heterocycles. The fraction of sp³-hybridized carbons (Fsp3) is 0.688. The number of aryl methyl sites for hydroxylation is 1. The molecule has 0 spiro atoms. The zero-order chi connectivity index (χ0) is 16.1. The molecule has 1 aliphatic rings. The molecule has 0 saturated carbocycles. The Hall–Kier alpha value is -1.85. The highest BCUT2D eigenvalue weighted by molar-refractivity contribution is 5.75. The van der Waals surface area contributed by atoms with E-state index in [9.17, 15) is 9.59 Å². The van der Waals surface area contributed by atoms with E-state index < -0.39 is 0 Å². The van der Waals surface area contributed by atoms with E-state index in [1.54, 1.807) is 19.3 Å². The molecule has 1 saturated heterocycles. The molecule has 0 aliphatic carbocycles. The Bertz CT molecular complexity index is 568. The zero-order valence-electron chi connectivity index (χ0n) is 13.7. The van der Waals surface area contributed by atoms with Gasteiger partial charge in [-0.3, -0.25) is 9.59 Å². The standard InChI is InChI=1S/C16H26N4O2/c1-12(2)4-5-15(21)17-9-13-6-7-20(11-13)14-8-16(22)19(3)18-10-14/h8,10,12-13H,4-7,9,11H2,1-3H3,(H,17,21). The molecule has 1 N–H and O–H groups in total. The highest BCUT2D eigenvalue weighted by Crippen LogP contribution is 2.21. The van der Waals surface area contributed by atoms with Gasteiger partial charge in [0.1, 0.15) is 0 Å². The topological polar surface area (TPSA) is 67.2 Å². The van der Waals surface area contributed by atoms with Crippen LogP contribution in [-0.2, 0) is 11.8 Å². The summed E-state index contributed by atoms with van der Waals surface area (Å²) < 4.78 is 1.33. The molecular formula is C16H26N4O2. The first-order valence-electron chi connectivity index (χ1n) is 8.00. The second-order valence-corrected chi connectivity index (χ2v) is 6.51. The van der Waals surface area contributed by atoms with Gasteiger partial charge in [0.25, 0.3) is 5.56 Å². The molecule has 6 heteroatoms. The van der Waals surface area contributed by atoms with Crippen molar-refractivity contribution >= 4 is 11.6 Å². The molecule has 0 radical (unpaired) electrons. The van der Waals surface area contributed by atoms with E-state index in [1.165, 1.54) is 4.68 Å². The van der Waals surface area contributed by atoms with Crippen LogP contribution in [0.4, 0.5) is 5.69 Å². The van der Waals surface area contributed by atoms with Gasteiger partial charge in [0.15, 0.2) is 0 Å². The van der Waals surface area contributed by atoms with Gasteiger partial charge in [-0.2, -0.15) is 5.10 Å². The first-order valence-corrected chi connectivity index (χ1v) is 8.00. The predicted octanol–water partition coefficient (Wildman–Crippen LogP) is 1.16. The SMILES string of the molecule is CC(C)CCC(=O)NCC1CCN(c2cnn(C)c(=O)c2)C1. The van der Waals surface area contributed by atoms with E-state index in [2.05, 4.69) is 29.2 Å². The third kappa shape index (κ3) is 4.58. The highest BCUT2D eigenvalue weighted by atomic mass is 16.1. The summed E-state index contributed by atoms with van der Waals surface area (Å²) in [6.07, 6.45) is 4.29. The summed E-state index contributed by atoms with van der Waals surface area (Å²) in [5, 5.41) is 7.08. The van der Waals surface area contributed by atoms with E-state index in [0.29, 0.717) is 24.8 Å². The zero-order valence-corrected chi connectivity index (χ0v) is 13.7. The van der Waals surface area contributed by atoms with Crippen LogP contribution in [-0.4, -0.2) is 35.3 Å². The second kappa shape index (κ2) is 7.42. The van der Waals surface area contributed by atoms with Crippen molar-refractivity contribution in [2.24, 2.45) is 18.9 Å². The molecule has 1 amide bonds. The van der Waals surface area contributed by atoms with Crippen LogP contribution in [0.1, 0.15) is 33.1 Å². The average Bonchev–Trinajstić information content (AvgIpc) is 2.94. The van der Waals surface area contributed by atoms with E-state index in [1.807, 2.05) is 0 Å². The minimum atomic E-state index is -0.0945. The third-order valence-electron chi connectivity index (χ3n) is 4.14. The molecule has 22 heavy (non-hydrogen) atoms. The van der Waals surface area contributed by atoms with Gasteiger partial charge < -0.3 is 10.2 Å². The third-order valence-corrected chi connectivity index (χ3v) is 4.14. The van der Waals surface area contributed by atoms with E-state index >= 15 is 0 Å². The summed E-state index contributed by atoms with van der Waals surface area (Å²) >= 11 is 0. The Morgan fingerprint density at radius 1 is 1.50 bits per heavy atom. The van der Waals surface area contributed by atoms with Crippen LogP contribution >= 0.6 is 0 Å². The summed E-state index contributed by atoms with van der Waals surface area (Å²) in [5.41, 5.74) is 0.777. The maximum atomic E-state index is 11.8. The van der Waals surface area contributed by atoms with Crippen molar-refractivity contribution in [1.29, 1.82) is 0 Å². The fourth-order valence-corrected chi connectivity index (χ4v) is 2.63. The summed E-state index contributed by atoms with van der Waals surface area (Å²) in [5.74, 6) is 1.13. The maximum Gasteiger partial charge on any atom is 0.268 e. The number of hydrogen-bond donors (Lipinski definition) is 1. The minimum Gasteiger partial charge on any atom is -0.370 e. The number of aromatic nitrogens is 2. The number of nitrogens with zero attached hydrogens (tertiary/aromatic N) is 3. The van der Waals surface area contributed by atoms with Crippen LogP contribution in [0.3, 0.4) is 0 Å². The Kier molecular flexibility index (Phi) is 5.57. The first kappa shape index (κ1) is 16.5. The van der Waals surface area contributed by atoms with Crippen LogP contribution < -0.4 is 15.8 Å². The smallest absolute Gasteiger partial charge is 0.268 e.